The number of aromatic nitrogens is 3. The maximum absolute atomic E-state index is 10.6. The molecule has 92 valence electrons. The molecule has 3 rings (SSSR count). The summed E-state index contributed by atoms with van der Waals surface area (Å²) in [6.45, 7) is 0. The zero-order valence-corrected chi connectivity index (χ0v) is 9.46. The molecule has 0 spiro atoms. The predicted molar refractivity (Wildman–Crippen MR) is 64.9 cm³/mol. The number of benzene rings is 1. The van der Waals surface area contributed by atoms with E-state index in [1.165, 1.54) is 12.1 Å². The first-order valence-corrected chi connectivity index (χ1v) is 5.62. The van der Waals surface area contributed by atoms with E-state index in [4.69, 9.17) is 5.73 Å². The van der Waals surface area contributed by atoms with E-state index >= 15 is 0 Å². The smallest absolute Gasteiger partial charge is 0.271 e. The molecule has 1 saturated carbocycles. The molecule has 0 amide bonds. The molecule has 7 nitrogen and oxygen atoms in total. The highest BCUT2D eigenvalue weighted by Crippen LogP contribution is 2.38. The van der Waals surface area contributed by atoms with E-state index in [9.17, 15) is 10.1 Å². The van der Waals surface area contributed by atoms with Gasteiger partial charge in [-0.25, -0.2) is 4.98 Å². The Hall–Kier alpha value is -2.44. The van der Waals surface area contributed by atoms with Gasteiger partial charge in [0.2, 0.25) is 0 Å². The first kappa shape index (κ1) is 10.7. The van der Waals surface area contributed by atoms with Crippen molar-refractivity contribution in [3.8, 4) is 11.4 Å². The normalized spacial score (nSPS) is 14.7. The third-order valence-electron chi connectivity index (χ3n) is 2.95. The van der Waals surface area contributed by atoms with Crippen molar-refractivity contribution < 1.29 is 4.92 Å². The number of aromatic amines is 1. The molecule has 7 heteroatoms. The van der Waals surface area contributed by atoms with E-state index in [2.05, 4.69) is 15.2 Å². The molecule has 2 aromatic rings. The zero-order valence-electron chi connectivity index (χ0n) is 9.46. The number of rotatable bonds is 3. The summed E-state index contributed by atoms with van der Waals surface area (Å²) in [5.41, 5.74) is 6.69. The summed E-state index contributed by atoms with van der Waals surface area (Å²) in [5, 5.41) is 17.6. The first-order chi connectivity index (χ1) is 8.65. The van der Waals surface area contributed by atoms with Crippen LogP contribution in [0.5, 0.6) is 0 Å². The van der Waals surface area contributed by atoms with Crippen molar-refractivity contribution in [1.29, 1.82) is 0 Å². The Bertz CT molecular complexity index is 618. The van der Waals surface area contributed by atoms with Crippen LogP contribution in [0, 0.1) is 10.1 Å². The number of hydrogen-bond donors (Lipinski definition) is 2. The topological polar surface area (TPSA) is 111 Å². The molecule has 0 bridgehead atoms. The molecule has 1 aromatic heterocycles. The fourth-order valence-corrected chi connectivity index (χ4v) is 1.80. The molecule has 1 aliphatic rings. The number of non-ortho nitro benzene ring substituents is 1. The van der Waals surface area contributed by atoms with Gasteiger partial charge in [-0.15, -0.1) is 0 Å². The number of nitrogens with one attached hydrogen (secondary N) is 1. The highest BCUT2D eigenvalue weighted by Gasteiger charge is 2.27. The van der Waals surface area contributed by atoms with Gasteiger partial charge in [-0.2, -0.15) is 5.10 Å². The number of nitrogens with zero attached hydrogens (tertiary/aromatic N) is 3. The minimum atomic E-state index is -0.478. The van der Waals surface area contributed by atoms with Crippen LogP contribution in [0.2, 0.25) is 0 Å². The SMILES string of the molecule is Nc1cc([N+](=O)[O-])ccc1-c1n[nH]c(C2CC2)n1. The van der Waals surface area contributed by atoms with Crippen LogP contribution in [-0.4, -0.2) is 20.1 Å². The van der Waals surface area contributed by atoms with Gasteiger partial charge >= 0.3 is 0 Å². The van der Waals surface area contributed by atoms with Crippen LogP contribution in [0.3, 0.4) is 0 Å². The van der Waals surface area contributed by atoms with E-state index in [-0.39, 0.29) is 5.69 Å². The second kappa shape index (κ2) is 3.80. The number of hydrogen-bond acceptors (Lipinski definition) is 5. The molecule has 0 unspecified atom stereocenters. The third-order valence-corrected chi connectivity index (χ3v) is 2.95. The summed E-state index contributed by atoms with van der Waals surface area (Å²) in [6, 6.07) is 4.30. The van der Waals surface area contributed by atoms with Crippen molar-refractivity contribution >= 4 is 11.4 Å². The molecule has 1 heterocycles. The molecule has 1 fully saturated rings. The average Bonchev–Trinajstić information content (AvgIpc) is 3.08. The van der Waals surface area contributed by atoms with Crippen molar-refractivity contribution in [2.45, 2.75) is 18.8 Å². The summed E-state index contributed by atoms with van der Waals surface area (Å²) < 4.78 is 0. The fourth-order valence-electron chi connectivity index (χ4n) is 1.80. The van der Waals surface area contributed by atoms with Gasteiger partial charge in [0.05, 0.1) is 4.92 Å². The van der Waals surface area contributed by atoms with Crippen LogP contribution in [0.25, 0.3) is 11.4 Å². The van der Waals surface area contributed by atoms with E-state index in [1.807, 2.05) is 0 Å². The van der Waals surface area contributed by atoms with Gasteiger partial charge in [-0.05, 0) is 18.9 Å². The number of anilines is 1. The molecule has 0 radical (unpaired) electrons. The van der Waals surface area contributed by atoms with Crippen molar-refractivity contribution in [2.75, 3.05) is 5.73 Å². The van der Waals surface area contributed by atoms with Gasteiger partial charge in [0.15, 0.2) is 5.82 Å². The van der Waals surface area contributed by atoms with Gasteiger partial charge in [0, 0.05) is 29.3 Å². The Morgan fingerprint density at radius 1 is 1.44 bits per heavy atom. The highest BCUT2D eigenvalue weighted by atomic mass is 16.6. The van der Waals surface area contributed by atoms with E-state index in [0.717, 1.165) is 18.7 Å². The summed E-state index contributed by atoms with van der Waals surface area (Å²) in [7, 11) is 0. The Morgan fingerprint density at radius 2 is 2.22 bits per heavy atom. The fraction of sp³-hybridized carbons (Fsp3) is 0.273. The monoisotopic (exact) mass is 245 g/mol. The molecule has 18 heavy (non-hydrogen) atoms. The van der Waals surface area contributed by atoms with E-state index in [0.29, 0.717) is 23.0 Å². The molecule has 1 aliphatic carbocycles. The maximum Gasteiger partial charge on any atom is 0.271 e. The van der Waals surface area contributed by atoms with Crippen molar-refractivity contribution in [3.05, 3.63) is 34.1 Å². The average molecular weight is 245 g/mol. The second-order valence-corrected chi connectivity index (χ2v) is 4.35. The molecule has 0 atom stereocenters. The van der Waals surface area contributed by atoms with Crippen molar-refractivity contribution in [1.82, 2.24) is 15.2 Å². The number of H-pyrrole nitrogens is 1. The summed E-state index contributed by atoms with van der Waals surface area (Å²) in [5.74, 6) is 1.83. The van der Waals surface area contributed by atoms with E-state index < -0.39 is 4.92 Å². The third kappa shape index (κ3) is 1.79. The minimum Gasteiger partial charge on any atom is -0.398 e. The molecule has 3 N–H and O–H groups in total. The number of nitro groups is 1. The minimum absolute atomic E-state index is 0.0331. The summed E-state index contributed by atoms with van der Waals surface area (Å²) in [4.78, 5) is 14.5. The van der Waals surface area contributed by atoms with Gasteiger partial charge in [-0.3, -0.25) is 15.2 Å². The lowest BCUT2D eigenvalue weighted by molar-refractivity contribution is -0.384. The van der Waals surface area contributed by atoms with Crippen LogP contribution in [0.1, 0.15) is 24.6 Å². The van der Waals surface area contributed by atoms with Gasteiger partial charge < -0.3 is 5.73 Å². The Kier molecular flexibility index (Phi) is 2.26. The lowest BCUT2D eigenvalue weighted by Gasteiger charge is -2.00. The lowest BCUT2D eigenvalue weighted by Crippen LogP contribution is -1.95. The number of nitrogen functional groups attached to an aromatic ring is 1. The van der Waals surface area contributed by atoms with Crippen LogP contribution in [-0.2, 0) is 0 Å². The standard InChI is InChI=1S/C11H11N5O2/c12-9-5-7(16(17)18)3-4-8(9)11-13-10(14-15-11)6-1-2-6/h3-6H,1-2,12H2,(H,13,14,15). The summed E-state index contributed by atoms with van der Waals surface area (Å²) >= 11 is 0. The molecule has 0 saturated heterocycles. The number of nitrogens with two attached hydrogens (primary N) is 1. The molecule has 1 aromatic carbocycles. The number of nitro benzene ring substituents is 1. The Labute approximate surface area is 102 Å². The first-order valence-electron chi connectivity index (χ1n) is 5.62. The van der Waals surface area contributed by atoms with Crippen LogP contribution >= 0.6 is 0 Å². The largest absolute Gasteiger partial charge is 0.398 e. The second-order valence-electron chi connectivity index (χ2n) is 4.35. The van der Waals surface area contributed by atoms with Crippen LogP contribution in [0.15, 0.2) is 18.2 Å². The quantitative estimate of drug-likeness (QED) is 0.487. The van der Waals surface area contributed by atoms with Gasteiger partial charge in [0.1, 0.15) is 5.82 Å². The molecular formula is C11H11N5O2. The Balaban J connectivity index is 1.97. The Morgan fingerprint density at radius 3 is 2.83 bits per heavy atom. The van der Waals surface area contributed by atoms with Gasteiger partial charge in [-0.1, -0.05) is 0 Å². The summed E-state index contributed by atoms with van der Waals surface area (Å²) in [6.07, 6.45) is 2.26. The zero-order chi connectivity index (χ0) is 12.7. The van der Waals surface area contributed by atoms with E-state index in [1.54, 1.807) is 6.07 Å². The molecular weight excluding hydrogens is 234 g/mol. The highest BCUT2D eigenvalue weighted by molar-refractivity contribution is 5.73. The lowest BCUT2D eigenvalue weighted by atomic mass is 10.1. The van der Waals surface area contributed by atoms with Crippen molar-refractivity contribution in [2.24, 2.45) is 0 Å². The van der Waals surface area contributed by atoms with Crippen LogP contribution < -0.4 is 5.73 Å². The molecule has 0 aliphatic heterocycles. The van der Waals surface area contributed by atoms with Crippen LogP contribution in [0.4, 0.5) is 11.4 Å². The van der Waals surface area contributed by atoms with Gasteiger partial charge in [0.25, 0.3) is 5.69 Å². The predicted octanol–water partition coefficient (Wildman–Crippen LogP) is 1.84. The van der Waals surface area contributed by atoms with Crippen molar-refractivity contribution in [3.63, 3.8) is 0 Å². The maximum atomic E-state index is 10.6.